The summed E-state index contributed by atoms with van der Waals surface area (Å²) in [5.41, 5.74) is 0.917. The van der Waals surface area contributed by atoms with Gasteiger partial charge in [-0.05, 0) is 16.8 Å². The van der Waals surface area contributed by atoms with Gasteiger partial charge < -0.3 is 14.7 Å². The molecule has 1 saturated heterocycles. The van der Waals surface area contributed by atoms with E-state index in [4.69, 9.17) is 9.84 Å². The quantitative estimate of drug-likeness (QED) is 0.940. The molecular weight excluding hydrogens is 282 g/mol. The Hall–Kier alpha value is -2.56. The van der Waals surface area contributed by atoms with E-state index in [2.05, 4.69) is 0 Å². The van der Waals surface area contributed by atoms with Crippen LogP contribution in [0.4, 0.5) is 0 Å². The number of hydrogen-bond acceptors (Lipinski definition) is 3. The van der Waals surface area contributed by atoms with E-state index >= 15 is 0 Å². The Morgan fingerprint density at radius 3 is 2.77 bits per heavy atom. The highest BCUT2D eigenvalue weighted by Gasteiger charge is 2.34. The summed E-state index contributed by atoms with van der Waals surface area (Å²) in [5, 5.41) is 11.2. The number of benzene rings is 2. The summed E-state index contributed by atoms with van der Waals surface area (Å²) in [5.74, 6) is -0.943. The van der Waals surface area contributed by atoms with E-state index in [0.717, 1.165) is 16.3 Å². The summed E-state index contributed by atoms with van der Waals surface area (Å²) in [6.07, 6.45) is 0.0718. The predicted molar refractivity (Wildman–Crippen MR) is 81.7 cm³/mol. The molecular formula is C17H17NO4. The van der Waals surface area contributed by atoms with E-state index in [9.17, 15) is 9.59 Å². The zero-order valence-electron chi connectivity index (χ0n) is 12.3. The molecule has 1 aliphatic heterocycles. The maximum atomic E-state index is 12.1. The van der Waals surface area contributed by atoms with Gasteiger partial charge in [0.05, 0.1) is 13.0 Å². The molecule has 0 aliphatic carbocycles. The number of carboxylic acids is 1. The molecule has 114 valence electrons. The number of amides is 1. The molecule has 0 aromatic heterocycles. The van der Waals surface area contributed by atoms with E-state index in [1.54, 1.807) is 12.0 Å². The van der Waals surface area contributed by atoms with Gasteiger partial charge in [0.25, 0.3) is 0 Å². The van der Waals surface area contributed by atoms with Gasteiger partial charge in [0, 0.05) is 25.1 Å². The first-order valence-corrected chi connectivity index (χ1v) is 7.15. The monoisotopic (exact) mass is 299 g/mol. The summed E-state index contributed by atoms with van der Waals surface area (Å²) in [4.78, 5) is 24.7. The third kappa shape index (κ3) is 2.50. The zero-order chi connectivity index (χ0) is 15.7. The van der Waals surface area contributed by atoms with Crippen molar-refractivity contribution >= 4 is 22.6 Å². The van der Waals surface area contributed by atoms with E-state index in [0.29, 0.717) is 12.3 Å². The Morgan fingerprint density at radius 1 is 1.32 bits per heavy atom. The van der Waals surface area contributed by atoms with Crippen molar-refractivity contribution in [2.75, 3.05) is 13.7 Å². The van der Waals surface area contributed by atoms with Crippen LogP contribution >= 0.6 is 0 Å². The molecule has 0 saturated carbocycles. The average Bonchev–Trinajstić information content (AvgIpc) is 2.89. The minimum Gasteiger partial charge on any atom is -0.496 e. The van der Waals surface area contributed by atoms with E-state index in [1.165, 1.54) is 0 Å². The molecule has 1 aliphatic rings. The summed E-state index contributed by atoms with van der Waals surface area (Å²) >= 11 is 0. The van der Waals surface area contributed by atoms with E-state index in [1.807, 2.05) is 36.4 Å². The van der Waals surface area contributed by atoms with Crippen molar-refractivity contribution in [3.05, 3.63) is 42.0 Å². The molecule has 1 N–H and O–H groups in total. The maximum absolute atomic E-state index is 12.1. The number of fused-ring (bicyclic) bond motifs is 1. The third-order valence-corrected chi connectivity index (χ3v) is 4.13. The molecule has 2 aromatic carbocycles. The van der Waals surface area contributed by atoms with Crippen molar-refractivity contribution in [3.8, 4) is 5.75 Å². The highest BCUT2D eigenvalue weighted by atomic mass is 16.5. The van der Waals surface area contributed by atoms with Crippen LogP contribution in [0.25, 0.3) is 10.8 Å². The fraction of sp³-hybridized carbons (Fsp3) is 0.294. The Bertz CT molecular complexity index is 741. The molecule has 3 rings (SSSR count). The van der Waals surface area contributed by atoms with Gasteiger partial charge in [-0.3, -0.25) is 9.59 Å². The Kier molecular flexibility index (Phi) is 3.71. The SMILES string of the molecule is COc1ccc2ccccc2c1CN1C[C@H](C(=O)O)CC1=O. The minimum absolute atomic E-state index is 0.0718. The van der Waals surface area contributed by atoms with Crippen molar-refractivity contribution in [1.29, 1.82) is 0 Å². The molecule has 5 nitrogen and oxygen atoms in total. The van der Waals surface area contributed by atoms with Gasteiger partial charge in [0.1, 0.15) is 5.75 Å². The number of carboxylic acid groups (broad SMARTS) is 1. The lowest BCUT2D eigenvalue weighted by atomic mass is 10.0. The molecule has 5 heteroatoms. The van der Waals surface area contributed by atoms with Crippen LogP contribution in [-0.4, -0.2) is 35.5 Å². The number of aliphatic carboxylic acids is 1. The maximum Gasteiger partial charge on any atom is 0.308 e. The summed E-state index contributed by atoms with van der Waals surface area (Å²) in [7, 11) is 1.60. The first-order chi connectivity index (χ1) is 10.6. The van der Waals surface area contributed by atoms with Crippen LogP contribution in [0.15, 0.2) is 36.4 Å². The van der Waals surface area contributed by atoms with Gasteiger partial charge in [0.15, 0.2) is 0 Å². The molecule has 0 bridgehead atoms. The molecule has 22 heavy (non-hydrogen) atoms. The van der Waals surface area contributed by atoms with Gasteiger partial charge in [0.2, 0.25) is 5.91 Å². The summed E-state index contributed by atoms with van der Waals surface area (Å²) in [6.45, 7) is 0.619. The number of ether oxygens (including phenoxy) is 1. The van der Waals surface area contributed by atoms with E-state index < -0.39 is 11.9 Å². The fourth-order valence-corrected chi connectivity index (χ4v) is 2.95. The molecule has 1 amide bonds. The third-order valence-electron chi connectivity index (χ3n) is 4.13. The van der Waals surface area contributed by atoms with Gasteiger partial charge in [-0.1, -0.05) is 30.3 Å². The van der Waals surface area contributed by atoms with Crippen LogP contribution < -0.4 is 4.74 Å². The number of nitrogens with zero attached hydrogens (tertiary/aromatic N) is 1. The lowest BCUT2D eigenvalue weighted by Gasteiger charge is -2.19. The van der Waals surface area contributed by atoms with Crippen molar-refractivity contribution in [2.45, 2.75) is 13.0 Å². The summed E-state index contributed by atoms with van der Waals surface area (Å²) < 4.78 is 5.42. The second-order valence-electron chi connectivity index (χ2n) is 5.48. The van der Waals surface area contributed by atoms with Crippen LogP contribution in [-0.2, 0) is 16.1 Å². The number of carbonyl (C=O) groups is 2. The largest absolute Gasteiger partial charge is 0.496 e. The standard InChI is InChI=1S/C17H17NO4/c1-22-15-7-6-11-4-2-3-5-13(11)14(15)10-18-9-12(17(20)21)8-16(18)19/h2-7,12H,8-10H2,1H3,(H,20,21)/t12-/m1/s1. The Balaban J connectivity index is 1.96. The van der Waals surface area contributed by atoms with Gasteiger partial charge in [-0.2, -0.15) is 0 Å². The topological polar surface area (TPSA) is 66.8 Å². The predicted octanol–water partition coefficient (Wildman–Crippen LogP) is 2.28. The normalized spacial score (nSPS) is 18.0. The van der Waals surface area contributed by atoms with Gasteiger partial charge >= 0.3 is 5.97 Å². The van der Waals surface area contributed by atoms with Crippen LogP contribution in [0, 0.1) is 5.92 Å². The van der Waals surface area contributed by atoms with Gasteiger partial charge in [-0.15, -0.1) is 0 Å². The second-order valence-corrected chi connectivity index (χ2v) is 5.48. The van der Waals surface area contributed by atoms with Crippen molar-refractivity contribution in [2.24, 2.45) is 5.92 Å². The molecule has 1 atom stereocenters. The van der Waals surface area contributed by atoms with Crippen molar-refractivity contribution < 1.29 is 19.4 Å². The second kappa shape index (κ2) is 5.67. The first kappa shape index (κ1) is 14.4. The van der Waals surface area contributed by atoms with Crippen molar-refractivity contribution in [3.63, 3.8) is 0 Å². The van der Waals surface area contributed by atoms with Crippen molar-refractivity contribution in [1.82, 2.24) is 4.90 Å². The Morgan fingerprint density at radius 2 is 2.09 bits per heavy atom. The minimum atomic E-state index is -0.916. The number of likely N-dealkylation sites (tertiary alicyclic amines) is 1. The van der Waals surface area contributed by atoms with Gasteiger partial charge in [-0.25, -0.2) is 0 Å². The van der Waals surface area contributed by atoms with Crippen LogP contribution in [0.2, 0.25) is 0 Å². The lowest BCUT2D eigenvalue weighted by Crippen LogP contribution is -2.26. The number of methoxy groups -OCH3 is 1. The molecule has 1 fully saturated rings. The number of carbonyl (C=O) groups excluding carboxylic acids is 1. The fourth-order valence-electron chi connectivity index (χ4n) is 2.95. The lowest BCUT2D eigenvalue weighted by molar-refractivity contribution is -0.141. The molecule has 0 unspecified atom stereocenters. The van der Waals surface area contributed by atoms with Crippen LogP contribution in [0.5, 0.6) is 5.75 Å². The van der Waals surface area contributed by atoms with Crippen LogP contribution in [0.1, 0.15) is 12.0 Å². The smallest absolute Gasteiger partial charge is 0.308 e. The highest BCUT2D eigenvalue weighted by molar-refractivity contribution is 5.89. The van der Waals surface area contributed by atoms with E-state index in [-0.39, 0.29) is 18.9 Å². The van der Waals surface area contributed by atoms with Crippen LogP contribution in [0.3, 0.4) is 0 Å². The molecule has 0 spiro atoms. The number of rotatable bonds is 4. The highest BCUT2D eigenvalue weighted by Crippen LogP contribution is 2.31. The summed E-state index contributed by atoms with van der Waals surface area (Å²) in [6, 6.07) is 11.8. The average molecular weight is 299 g/mol. The Labute approximate surface area is 128 Å². The molecule has 0 radical (unpaired) electrons. The zero-order valence-corrected chi connectivity index (χ0v) is 12.3. The number of hydrogen-bond donors (Lipinski definition) is 1. The first-order valence-electron chi connectivity index (χ1n) is 7.15. The molecule has 1 heterocycles. The molecule has 2 aromatic rings.